The molecule has 0 saturated carbocycles. The Morgan fingerprint density at radius 2 is 1.48 bits per heavy atom. The lowest BCUT2D eigenvalue weighted by Gasteiger charge is -2.34. The zero-order valence-electron chi connectivity index (χ0n) is 18.3. The van der Waals surface area contributed by atoms with Crippen molar-refractivity contribution in [2.24, 2.45) is 5.92 Å². The van der Waals surface area contributed by atoms with Crippen molar-refractivity contribution in [3.8, 4) is 0 Å². The van der Waals surface area contributed by atoms with E-state index in [9.17, 15) is 9.59 Å². The van der Waals surface area contributed by atoms with Crippen LogP contribution >= 0.6 is 0 Å². The minimum absolute atomic E-state index is 0.0801. The molecule has 0 spiro atoms. The van der Waals surface area contributed by atoms with E-state index in [2.05, 4.69) is 41.4 Å². The highest BCUT2D eigenvalue weighted by Crippen LogP contribution is 2.19. The number of amides is 3. The van der Waals surface area contributed by atoms with Crippen LogP contribution in [0.5, 0.6) is 0 Å². The Kier molecular flexibility index (Phi) is 6.87. The Morgan fingerprint density at radius 1 is 0.839 bits per heavy atom. The molecule has 1 N–H and O–H groups in total. The predicted octanol–water partition coefficient (Wildman–Crippen LogP) is 3.91. The molecule has 2 aromatic carbocycles. The molecule has 2 heterocycles. The van der Waals surface area contributed by atoms with E-state index in [-0.39, 0.29) is 11.9 Å². The van der Waals surface area contributed by atoms with Gasteiger partial charge in [0.2, 0.25) is 0 Å². The van der Waals surface area contributed by atoms with Crippen LogP contribution in [0.1, 0.15) is 35.7 Å². The van der Waals surface area contributed by atoms with Crippen molar-refractivity contribution in [3.63, 3.8) is 0 Å². The standard InChI is InChI=1S/C25H32N4O2/c1-20-11-13-28(14-12-20)24(30)22-7-9-23(10-8-22)26-25(31)29-17-15-27(16-18-29)19-21-5-3-2-4-6-21/h2-10,20H,11-19H2,1H3,(H,26,31). The SMILES string of the molecule is CC1CCN(C(=O)c2ccc(NC(=O)N3CCN(Cc4ccccc4)CC3)cc2)CC1. The quantitative estimate of drug-likeness (QED) is 0.816. The van der Waals surface area contributed by atoms with Crippen molar-refractivity contribution < 1.29 is 9.59 Å². The van der Waals surface area contributed by atoms with E-state index in [0.29, 0.717) is 24.6 Å². The van der Waals surface area contributed by atoms with Gasteiger partial charge < -0.3 is 15.1 Å². The van der Waals surface area contributed by atoms with E-state index in [0.717, 1.165) is 51.3 Å². The molecule has 0 aromatic heterocycles. The molecule has 4 rings (SSSR count). The molecule has 31 heavy (non-hydrogen) atoms. The summed E-state index contributed by atoms with van der Waals surface area (Å²) < 4.78 is 0. The Bertz CT molecular complexity index is 868. The maximum absolute atomic E-state index is 12.7. The summed E-state index contributed by atoms with van der Waals surface area (Å²) in [5.74, 6) is 0.779. The first kappa shape index (κ1) is 21.4. The Morgan fingerprint density at radius 3 is 2.13 bits per heavy atom. The second-order valence-electron chi connectivity index (χ2n) is 8.73. The summed E-state index contributed by atoms with van der Waals surface area (Å²) in [5.41, 5.74) is 2.71. The molecule has 2 aromatic rings. The van der Waals surface area contributed by atoms with Gasteiger partial charge >= 0.3 is 6.03 Å². The number of hydrogen-bond donors (Lipinski definition) is 1. The van der Waals surface area contributed by atoms with Crippen molar-refractivity contribution in [2.45, 2.75) is 26.3 Å². The lowest BCUT2D eigenvalue weighted by molar-refractivity contribution is 0.0697. The molecule has 0 bridgehead atoms. The molecular weight excluding hydrogens is 388 g/mol. The molecular formula is C25H32N4O2. The number of carbonyl (C=O) groups is 2. The van der Waals surface area contributed by atoms with E-state index in [4.69, 9.17) is 0 Å². The smallest absolute Gasteiger partial charge is 0.321 e. The van der Waals surface area contributed by atoms with Crippen LogP contribution in [0, 0.1) is 5.92 Å². The first-order chi connectivity index (χ1) is 15.1. The van der Waals surface area contributed by atoms with Crippen molar-refractivity contribution in [1.29, 1.82) is 0 Å². The number of benzene rings is 2. The molecule has 0 atom stereocenters. The zero-order chi connectivity index (χ0) is 21.6. The second kappa shape index (κ2) is 9.96. The highest BCUT2D eigenvalue weighted by atomic mass is 16.2. The number of piperidine rings is 1. The zero-order valence-corrected chi connectivity index (χ0v) is 18.3. The monoisotopic (exact) mass is 420 g/mol. The minimum atomic E-state index is -0.0801. The molecule has 2 saturated heterocycles. The van der Waals surface area contributed by atoms with Gasteiger partial charge in [0, 0.05) is 57.1 Å². The molecule has 0 unspecified atom stereocenters. The van der Waals surface area contributed by atoms with E-state index in [1.807, 2.05) is 40.1 Å². The van der Waals surface area contributed by atoms with Gasteiger partial charge in [0.25, 0.3) is 5.91 Å². The number of hydrogen-bond acceptors (Lipinski definition) is 3. The number of likely N-dealkylation sites (tertiary alicyclic amines) is 1. The topological polar surface area (TPSA) is 55.9 Å². The van der Waals surface area contributed by atoms with Crippen molar-refractivity contribution in [1.82, 2.24) is 14.7 Å². The number of piperazine rings is 1. The van der Waals surface area contributed by atoms with E-state index in [1.54, 1.807) is 0 Å². The third-order valence-corrected chi connectivity index (χ3v) is 6.36. The summed E-state index contributed by atoms with van der Waals surface area (Å²) in [7, 11) is 0. The van der Waals surface area contributed by atoms with Gasteiger partial charge in [0.1, 0.15) is 0 Å². The molecule has 2 fully saturated rings. The van der Waals surface area contributed by atoms with Crippen LogP contribution in [-0.2, 0) is 6.54 Å². The maximum Gasteiger partial charge on any atom is 0.321 e. The molecule has 2 aliphatic rings. The lowest BCUT2D eigenvalue weighted by Crippen LogP contribution is -2.49. The van der Waals surface area contributed by atoms with Crippen LogP contribution in [0.3, 0.4) is 0 Å². The average Bonchev–Trinajstić information content (AvgIpc) is 2.81. The number of carbonyl (C=O) groups excluding carboxylic acids is 2. The predicted molar refractivity (Wildman–Crippen MR) is 123 cm³/mol. The second-order valence-corrected chi connectivity index (χ2v) is 8.73. The van der Waals surface area contributed by atoms with Crippen LogP contribution in [0.15, 0.2) is 54.6 Å². The molecule has 2 aliphatic heterocycles. The van der Waals surface area contributed by atoms with E-state index >= 15 is 0 Å². The fourth-order valence-electron chi connectivity index (χ4n) is 4.24. The Labute approximate surface area is 184 Å². The summed E-state index contributed by atoms with van der Waals surface area (Å²) in [6.45, 7) is 7.97. The molecule has 3 amide bonds. The fourth-order valence-corrected chi connectivity index (χ4v) is 4.24. The van der Waals surface area contributed by atoms with Gasteiger partial charge in [-0.3, -0.25) is 9.69 Å². The maximum atomic E-state index is 12.7. The van der Waals surface area contributed by atoms with Crippen molar-refractivity contribution >= 4 is 17.6 Å². The van der Waals surface area contributed by atoms with Crippen LogP contribution < -0.4 is 5.32 Å². The van der Waals surface area contributed by atoms with Gasteiger partial charge in [-0.25, -0.2) is 4.79 Å². The first-order valence-electron chi connectivity index (χ1n) is 11.3. The first-order valence-corrected chi connectivity index (χ1v) is 11.3. The van der Waals surface area contributed by atoms with Gasteiger partial charge in [0.15, 0.2) is 0 Å². The summed E-state index contributed by atoms with van der Waals surface area (Å²) in [5, 5.41) is 2.97. The van der Waals surface area contributed by atoms with E-state index in [1.165, 1.54) is 5.56 Å². The van der Waals surface area contributed by atoms with Gasteiger partial charge in [-0.05, 0) is 48.6 Å². The summed E-state index contributed by atoms with van der Waals surface area (Å²) >= 11 is 0. The third-order valence-electron chi connectivity index (χ3n) is 6.36. The fraction of sp³-hybridized carbons (Fsp3) is 0.440. The Hall–Kier alpha value is -2.86. The highest BCUT2D eigenvalue weighted by molar-refractivity contribution is 5.95. The minimum Gasteiger partial charge on any atom is -0.339 e. The van der Waals surface area contributed by atoms with E-state index < -0.39 is 0 Å². The average molecular weight is 421 g/mol. The lowest BCUT2D eigenvalue weighted by atomic mass is 9.98. The highest BCUT2D eigenvalue weighted by Gasteiger charge is 2.23. The van der Waals surface area contributed by atoms with Gasteiger partial charge in [-0.2, -0.15) is 0 Å². The number of urea groups is 1. The van der Waals surface area contributed by atoms with Crippen LogP contribution in [0.4, 0.5) is 10.5 Å². The molecule has 164 valence electrons. The van der Waals surface area contributed by atoms with Crippen LogP contribution in [0.2, 0.25) is 0 Å². The summed E-state index contributed by atoms with van der Waals surface area (Å²) in [4.78, 5) is 31.5. The largest absolute Gasteiger partial charge is 0.339 e. The normalized spacial score (nSPS) is 18.1. The number of nitrogens with zero attached hydrogens (tertiary/aromatic N) is 3. The van der Waals surface area contributed by atoms with Gasteiger partial charge in [-0.15, -0.1) is 0 Å². The van der Waals surface area contributed by atoms with Crippen LogP contribution in [-0.4, -0.2) is 65.9 Å². The Balaban J connectivity index is 1.25. The van der Waals surface area contributed by atoms with Crippen LogP contribution in [0.25, 0.3) is 0 Å². The molecule has 0 radical (unpaired) electrons. The summed E-state index contributed by atoms with van der Waals surface area (Å²) in [6.07, 6.45) is 2.14. The number of nitrogens with one attached hydrogen (secondary N) is 1. The van der Waals surface area contributed by atoms with Gasteiger partial charge in [0.05, 0.1) is 0 Å². The molecule has 6 nitrogen and oxygen atoms in total. The van der Waals surface area contributed by atoms with Gasteiger partial charge in [-0.1, -0.05) is 37.3 Å². The molecule has 0 aliphatic carbocycles. The third kappa shape index (κ3) is 5.64. The van der Waals surface area contributed by atoms with Crippen molar-refractivity contribution in [2.75, 3.05) is 44.6 Å². The summed E-state index contributed by atoms with van der Waals surface area (Å²) in [6, 6.07) is 17.6. The van der Waals surface area contributed by atoms with Crippen molar-refractivity contribution in [3.05, 3.63) is 65.7 Å². The molecule has 6 heteroatoms. The number of rotatable bonds is 4. The number of anilines is 1.